The summed E-state index contributed by atoms with van der Waals surface area (Å²) in [7, 11) is 0. The molecule has 5 heteroatoms. The molecule has 19 heavy (non-hydrogen) atoms. The summed E-state index contributed by atoms with van der Waals surface area (Å²) in [5.74, 6) is 0.0284. The number of hydrogen-bond donors (Lipinski definition) is 3. The lowest BCUT2D eigenvalue weighted by molar-refractivity contribution is 0.262. The molecule has 0 bridgehead atoms. The minimum absolute atomic E-state index is 0.0284. The van der Waals surface area contributed by atoms with Crippen LogP contribution in [0.5, 0.6) is 5.75 Å². The van der Waals surface area contributed by atoms with Crippen molar-refractivity contribution in [3.63, 3.8) is 0 Å². The molecule has 0 atom stereocenters. The molecule has 2 aromatic rings. The first-order chi connectivity index (χ1) is 9.06. The molecule has 2 aromatic carbocycles. The number of phenols is 1. The van der Waals surface area contributed by atoms with Gasteiger partial charge in [0.05, 0.1) is 11.4 Å². The number of rotatable bonds is 2. The standard InChI is InChI=1S/C14H13BrN2O2/c1-9-6-7-11(10(15)8-9)16-14(19)17-12-4-2-3-5-13(12)18/h2-8,18H,1H3,(H2,16,17,19). The second-order valence-electron chi connectivity index (χ2n) is 4.08. The molecule has 0 saturated heterocycles. The van der Waals surface area contributed by atoms with E-state index in [0.29, 0.717) is 11.4 Å². The Morgan fingerprint density at radius 3 is 2.47 bits per heavy atom. The van der Waals surface area contributed by atoms with Crippen LogP contribution in [0.1, 0.15) is 5.56 Å². The average molecular weight is 321 g/mol. The van der Waals surface area contributed by atoms with Crippen LogP contribution in [-0.4, -0.2) is 11.1 Å². The van der Waals surface area contributed by atoms with Gasteiger partial charge in [0.1, 0.15) is 5.75 Å². The van der Waals surface area contributed by atoms with Crippen LogP contribution >= 0.6 is 15.9 Å². The summed E-state index contributed by atoms with van der Waals surface area (Å²) in [6.45, 7) is 1.97. The zero-order chi connectivity index (χ0) is 13.8. The van der Waals surface area contributed by atoms with Gasteiger partial charge in [-0.3, -0.25) is 0 Å². The quantitative estimate of drug-likeness (QED) is 0.729. The van der Waals surface area contributed by atoms with E-state index in [1.807, 2.05) is 25.1 Å². The fourth-order valence-electron chi connectivity index (χ4n) is 1.58. The molecule has 0 aliphatic heterocycles. The normalized spacial score (nSPS) is 10.0. The summed E-state index contributed by atoms with van der Waals surface area (Å²) >= 11 is 3.38. The zero-order valence-corrected chi connectivity index (χ0v) is 11.9. The lowest BCUT2D eigenvalue weighted by Crippen LogP contribution is -2.19. The number of urea groups is 1. The van der Waals surface area contributed by atoms with Gasteiger partial charge in [-0.15, -0.1) is 0 Å². The highest BCUT2D eigenvalue weighted by Crippen LogP contribution is 2.25. The maximum atomic E-state index is 11.8. The van der Waals surface area contributed by atoms with Gasteiger partial charge < -0.3 is 15.7 Å². The molecular formula is C14H13BrN2O2. The van der Waals surface area contributed by atoms with Crippen LogP contribution in [0.3, 0.4) is 0 Å². The number of aryl methyl sites for hydroxylation is 1. The SMILES string of the molecule is Cc1ccc(NC(=O)Nc2ccccc2O)c(Br)c1. The molecule has 0 aliphatic carbocycles. The number of benzene rings is 2. The van der Waals surface area contributed by atoms with Gasteiger partial charge in [0.25, 0.3) is 0 Å². The topological polar surface area (TPSA) is 61.4 Å². The van der Waals surface area contributed by atoms with E-state index in [9.17, 15) is 9.90 Å². The number of phenolic OH excluding ortho intramolecular Hbond substituents is 1. The van der Waals surface area contributed by atoms with Crippen LogP contribution in [0.4, 0.5) is 16.2 Å². The Kier molecular flexibility index (Phi) is 4.06. The van der Waals surface area contributed by atoms with Crippen molar-refractivity contribution in [1.29, 1.82) is 0 Å². The van der Waals surface area contributed by atoms with Crippen molar-refractivity contribution in [1.82, 2.24) is 0 Å². The van der Waals surface area contributed by atoms with E-state index in [-0.39, 0.29) is 5.75 Å². The lowest BCUT2D eigenvalue weighted by Gasteiger charge is -2.10. The number of nitrogens with one attached hydrogen (secondary N) is 2. The Hall–Kier alpha value is -2.01. The Morgan fingerprint density at radius 1 is 1.11 bits per heavy atom. The highest BCUT2D eigenvalue weighted by Gasteiger charge is 2.07. The van der Waals surface area contributed by atoms with Crippen LogP contribution in [0.15, 0.2) is 46.9 Å². The summed E-state index contributed by atoms with van der Waals surface area (Å²) in [5.41, 5.74) is 2.13. The average Bonchev–Trinajstić information content (AvgIpc) is 2.36. The minimum Gasteiger partial charge on any atom is -0.506 e. The third-order valence-corrected chi connectivity index (χ3v) is 3.18. The van der Waals surface area contributed by atoms with E-state index in [2.05, 4.69) is 26.6 Å². The third-order valence-electron chi connectivity index (χ3n) is 2.53. The lowest BCUT2D eigenvalue weighted by atomic mass is 10.2. The van der Waals surface area contributed by atoms with Crippen LogP contribution in [0.25, 0.3) is 0 Å². The molecule has 0 aromatic heterocycles. The van der Waals surface area contributed by atoms with Crippen molar-refractivity contribution >= 4 is 33.3 Å². The number of carbonyl (C=O) groups is 1. The molecule has 0 unspecified atom stereocenters. The van der Waals surface area contributed by atoms with E-state index in [1.165, 1.54) is 6.07 Å². The number of anilines is 2. The molecule has 2 rings (SSSR count). The monoisotopic (exact) mass is 320 g/mol. The van der Waals surface area contributed by atoms with Crippen LogP contribution in [-0.2, 0) is 0 Å². The number of para-hydroxylation sites is 2. The Morgan fingerprint density at radius 2 is 1.79 bits per heavy atom. The molecule has 0 spiro atoms. The van der Waals surface area contributed by atoms with Crippen LogP contribution < -0.4 is 10.6 Å². The summed E-state index contributed by atoms with van der Waals surface area (Å²) in [4.78, 5) is 11.8. The largest absolute Gasteiger partial charge is 0.506 e. The van der Waals surface area contributed by atoms with Gasteiger partial charge in [0, 0.05) is 4.47 Å². The molecule has 2 amide bonds. The summed E-state index contributed by atoms with van der Waals surface area (Å²) in [6, 6.07) is 11.8. The van der Waals surface area contributed by atoms with Crippen molar-refractivity contribution in [2.24, 2.45) is 0 Å². The molecule has 98 valence electrons. The molecule has 0 aliphatic rings. The van der Waals surface area contributed by atoms with Crippen LogP contribution in [0, 0.1) is 6.92 Å². The molecule has 4 nitrogen and oxygen atoms in total. The van der Waals surface area contributed by atoms with Gasteiger partial charge >= 0.3 is 6.03 Å². The first-order valence-electron chi connectivity index (χ1n) is 5.68. The molecular weight excluding hydrogens is 308 g/mol. The van der Waals surface area contributed by atoms with E-state index in [4.69, 9.17) is 0 Å². The van der Waals surface area contributed by atoms with E-state index >= 15 is 0 Å². The predicted molar refractivity (Wildman–Crippen MR) is 79.6 cm³/mol. The maximum absolute atomic E-state index is 11.8. The van der Waals surface area contributed by atoms with Gasteiger partial charge in [0.15, 0.2) is 0 Å². The molecule has 0 heterocycles. The number of halogens is 1. The molecule has 3 N–H and O–H groups in total. The zero-order valence-electron chi connectivity index (χ0n) is 10.3. The second kappa shape index (κ2) is 5.75. The fraction of sp³-hybridized carbons (Fsp3) is 0.0714. The van der Waals surface area contributed by atoms with E-state index < -0.39 is 6.03 Å². The summed E-state index contributed by atoms with van der Waals surface area (Å²) in [5, 5.41) is 14.8. The maximum Gasteiger partial charge on any atom is 0.323 e. The second-order valence-corrected chi connectivity index (χ2v) is 4.93. The smallest absolute Gasteiger partial charge is 0.323 e. The molecule has 0 fully saturated rings. The van der Waals surface area contributed by atoms with Crippen molar-refractivity contribution in [2.75, 3.05) is 10.6 Å². The Labute approximate surface area is 119 Å². The van der Waals surface area contributed by atoms with Crippen molar-refractivity contribution in [2.45, 2.75) is 6.92 Å². The van der Waals surface area contributed by atoms with Gasteiger partial charge in [-0.05, 0) is 52.7 Å². The first kappa shape index (κ1) is 13.4. The van der Waals surface area contributed by atoms with Crippen LogP contribution in [0.2, 0.25) is 0 Å². The minimum atomic E-state index is -0.411. The van der Waals surface area contributed by atoms with Crippen molar-refractivity contribution < 1.29 is 9.90 Å². The van der Waals surface area contributed by atoms with Crippen molar-refractivity contribution in [3.8, 4) is 5.75 Å². The summed E-state index contributed by atoms with van der Waals surface area (Å²) in [6.07, 6.45) is 0. The molecule has 0 radical (unpaired) electrons. The third kappa shape index (κ3) is 3.48. The van der Waals surface area contributed by atoms with E-state index in [1.54, 1.807) is 18.2 Å². The number of carbonyl (C=O) groups excluding carboxylic acids is 1. The number of aromatic hydroxyl groups is 1. The van der Waals surface area contributed by atoms with Gasteiger partial charge in [0.2, 0.25) is 0 Å². The van der Waals surface area contributed by atoms with Gasteiger partial charge in [-0.25, -0.2) is 4.79 Å². The molecule has 0 saturated carbocycles. The van der Waals surface area contributed by atoms with Crippen molar-refractivity contribution in [3.05, 3.63) is 52.5 Å². The Balaban J connectivity index is 2.08. The number of hydrogen-bond acceptors (Lipinski definition) is 2. The fourth-order valence-corrected chi connectivity index (χ4v) is 2.17. The highest BCUT2D eigenvalue weighted by atomic mass is 79.9. The Bertz CT molecular complexity index is 614. The summed E-state index contributed by atoms with van der Waals surface area (Å²) < 4.78 is 0.805. The predicted octanol–water partition coefficient (Wildman–Crippen LogP) is 4.11. The first-order valence-corrected chi connectivity index (χ1v) is 6.48. The van der Waals surface area contributed by atoms with Gasteiger partial charge in [-0.1, -0.05) is 18.2 Å². The van der Waals surface area contributed by atoms with E-state index in [0.717, 1.165) is 10.0 Å². The number of amides is 2. The van der Waals surface area contributed by atoms with Gasteiger partial charge in [-0.2, -0.15) is 0 Å². The highest BCUT2D eigenvalue weighted by molar-refractivity contribution is 9.10.